The van der Waals surface area contributed by atoms with E-state index < -0.39 is 0 Å². The lowest BCUT2D eigenvalue weighted by Gasteiger charge is -2.04. The third-order valence-electron chi connectivity index (χ3n) is 4.08. The van der Waals surface area contributed by atoms with E-state index in [1.54, 1.807) is 0 Å². The maximum absolute atomic E-state index is 5.43. The molecule has 4 rings (SSSR count). The molecule has 21 heavy (non-hydrogen) atoms. The fourth-order valence-electron chi connectivity index (χ4n) is 3.00. The molecule has 4 heteroatoms. The summed E-state index contributed by atoms with van der Waals surface area (Å²) < 4.78 is 5.43. The fourth-order valence-corrected chi connectivity index (χ4v) is 3.00. The Morgan fingerprint density at radius 3 is 2.95 bits per heavy atom. The zero-order valence-corrected chi connectivity index (χ0v) is 11.7. The highest BCUT2D eigenvalue weighted by atomic mass is 16.5. The molecular formula is C17H17N3O. The average molecular weight is 279 g/mol. The molecule has 1 atom stereocenters. The minimum Gasteiger partial charge on any atom is -0.339 e. The molecule has 1 unspecified atom stereocenters. The van der Waals surface area contributed by atoms with E-state index in [1.165, 1.54) is 22.8 Å². The molecule has 0 spiro atoms. The summed E-state index contributed by atoms with van der Waals surface area (Å²) in [5.74, 6) is 1.48. The molecule has 1 aliphatic rings. The minimum atomic E-state index is 0.259. The van der Waals surface area contributed by atoms with E-state index in [-0.39, 0.29) is 6.04 Å². The Morgan fingerprint density at radius 1 is 1.14 bits per heavy atom. The smallest absolute Gasteiger partial charge is 0.231 e. The Morgan fingerprint density at radius 2 is 2.05 bits per heavy atom. The van der Waals surface area contributed by atoms with Crippen LogP contribution in [0.1, 0.15) is 36.2 Å². The molecule has 1 aliphatic heterocycles. The van der Waals surface area contributed by atoms with Crippen LogP contribution in [0.15, 0.2) is 47.0 Å². The lowest BCUT2D eigenvalue weighted by atomic mass is 10.0. The third kappa shape index (κ3) is 2.43. The van der Waals surface area contributed by atoms with Crippen LogP contribution in [-0.4, -0.2) is 16.7 Å². The van der Waals surface area contributed by atoms with Crippen LogP contribution in [0.2, 0.25) is 0 Å². The van der Waals surface area contributed by atoms with E-state index in [1.807, 2.05) is 0 Å². The molecule has 1 N–H and O–H groups in total. The van der Waals surface area contributed by atoms with E-state index in [2.05, 4.69) is 57.9 Å². The largest absolute Gasteiger partial charge is 0.339 e. The molecule has 2 heterocycles. The van der Waals surface area contributed by atoms with Gasteiger partial charge in [-0.3, -0.25) is 0 Å². The summed E-state index contributed by atoms with van der Waals surface area (Å²) in [6, 6.07) is 15.0. The summed E-state index contributed by atoms with van der Waals surface area (Å²) in [4.78, 5) is 4.55. The molecule has 0 bridgehead atoms. The predicted octanol–water partition coefficient (Wildman–Crippen LogP) is 3.24. The monoisotopic (exact) mass is 279 g/mol. The minimum absolute atomic E-state index is 0.259. The number of hydrogen-bond donors (Lipinski definition) is 1. The first kappa shape index (κ1) is 12.5. The molecule has 0 amide bonds. The van der Waals surface area contributed by atoms with Crippen LogP contribution in [0, 0.1) is 0 Å². The number of aromatic nitrogens is 2. The van der Waals surface area contributed by atoms with Crippen LogP contribution < -0.4 is 5.32 Å². The van der Waals surface area contributed by atoms with Crippen LogP contribution in [-0.2, 0) is 6.42 Å². The second-order valence-corrected chi connectivity index (χ2v) is 5.51. The molecule has 2 aromatic carbocycles. The van der Waals surface area contributed by atoms with Gasteiger partial charge in [-0.1, -0.05) is 47.6 Å². The van der Waals surface area contributed by atoms with Gasteiger partial charge in [-0.15, -0.1) is 0 Å². The van der Waals surface area contributed by atoms with E-state index in [4.69, 9.17) is 4.52 Å². The number of nitrogens with zero attached hydrogens (tertiary/aromatic N) is 2. The third-order valence-corrected chi connectivity index (χ3v) is 4.08. The summed E-state index contributed by atoms with van der Waals surface area (Å²) in [6.07, 6.45) is 2.95. The van der Waals surface area contributed by atoms with Gasteiger partial charge in [-0.2, -0.15) is 4.98 Å². The molecule has 1 fully saturated rings. The Kier molecular flexibility index (Phi) is 3.16. The molecule has 3 aromatic rings. The number of hydrogen-bond acceptors (Lipinski definition) is 4. The van der Waals surface area contributed by atoms with Crippen molar-refractivity contribution in [3.8, 4) is 0 Å². The van der Waals surface area contributed by atoms with Gasteiger partial charge < -0.3 is 9.84 Å². The maximum atomic E-state index is 5.43. The highest BCUT2D eigenvalue weighted by Gasteiger charge is 2.21. The van der Waals surface area contributed by atoms with E-state index in [0.29, 0.717) is 12.3 Å². The normalized spacial score (nSPS) is 18.4. The lowest BCUT2D eigenvalue weighted by molar-refractivity contribution is 0.374. The first-order valence-electron chi connectivity index (χ1n) is 7.43. The summed E-state index contributed by atoms with van der Waals surface area (Å²) in [7, 11) is 0. The number of rotatable bonds is 3. The lowest BCUT2D eigenvalue weighted by Crippen LogP contribution is -2.14. The Hall–Kier alpha value is -2.20. The van der Waals surface area contributed by atoms with E-state index in [9.17, 15) is 0 Å². The Labute approximate surface area is 123 Å². The SMILES string of the molecule is c1ccc2c(Cc3nc(C4CCCN4)no3)cccc2c1. The van der Waals surface area contributed by atoms with Gasteiger partial charge in [0.05, 0.1) is 12.5 Å². The first-order valence-corrected chi connectivity index (χ1v) is 7.43. The summed E-state index contributed by atoms with van der Waals surface area (Å²) in [5.41, 5.74) is 1.22. The molecule has 0 saturated carbocycles. The van der Waals surface area contributed by atoms with Crippen LogP contribution in [0.3, 0.4) is 0 Å². The Balaban J connectivity index is 1.62. The first-order chi connectivity index (χ1) is 10.4. The molecule has 0 aliphatic carbocycles. The number of benzene rings is 2. The van der Waals surface area contributed by atoms with E-state index >= 15 is 0 Å². The van der Waals surface area contributed by atoms with Crippen LogP contribution >= 0.6 is 0 Å². The van der Waals surface area contributed by atoms with Gasteiger partial charge in [0.2, 0.25) is 5.89 Å². The van der Waals surface area contributed by atoms with Gasteiger partial charge >= 0.3 is 0 Å². The maximum Gasteiger partial charge on any atom is 0.231 e. The summed E-state index contributed by atoms with van der Waals surface area (Å²) in [5, 5.41) is 10.0. The van der Waals surface area contributed by atoms with Crippen molar-refractivity contribution in [3.05, 3.63) is 59.7 Å². The molecule has 1 aromatic heterocycles. The highest BCUT2D eigenvalue weighted by molar-refractivity contribution is 5.85. The van der Waals surface area contributed by atoms with Gasteiger partial charge in [-0.05, 0) is 35.7 Å². The summed E-state index contributed by atoms with van der Waals surface area (Å²) >= 11 is 0. The predicted molar refractivity (Wildman–Crippen MR) is 81.0 cm³/mol. The number of fused-ring (bicyclic) bond motifs is 1. The quantitative estimate of drug-likeness (QED) is 0.799. The van der Waals surface area contributed by atoms with Crippen molar-refractivity contribution >= 4 is 10.8 Å². The van der Waals surface area contributed by atoms with Crippen molar-refractivity contribution in [3.63, 3.8) is 0 Å². The van der Waals surface area contributed by atoms with E-state index in [0.717, 1.165) is 18.8 Å². The second kappa shape index (κ2) is 5.30. The van der Waals surface area contributed by atoms with Crippen molar-refractivity contribution in [2.24, 2.45) is 0 Å². The zero-order valence-electron chi connectivity index (χ0n) is 11.7. The van der Waals surface area contributed by atoms with Crippen LogP contribution in [0.25, 0.3) is 10.8 Å². The fraction of sp³-hybridized carbons (Fsp3) is 0.294. The van der Waals surface area contributed by atoms with Gasteiger partial charge in [0.25, 0.3) is 0 Å². The van der Waals surface area contributed by atoms with Gasteiger partial charge in [0, 0.05) is 0 Å². The average Bonchev–Trinajstić information content (AvgIpc) is 3.18. The van der Waals surface area contributed by atoms with Crippen molar-refractivity contribution in [1.82, 2.24) is 15.5 Å². The standard InChI is InChI=1S/C17H17N3O/c1-2-8-14-12(5-1)6-3-7-13(14)11-16-19-17(20-21-16)15-9-4-10-18-15/h1-3,5-8,15,18H,4,9-11H2. The van der Waals surface area contributed by atoms with Crippen LogP contribution in [0.5, 0.6) is 0 Å². The molecule has 106 valence electrons. The number of nitrogens with one attached hydrogen (secondary N) is 1. The zero-order chi connectivity index (χ0) is 14.1. The molecular weight excluding hydrogens is 262 g/mol. The van der Waals surface area contributed by atoms with Gasteiger partial charge in [0.1, 0.15) is 0 Å². The van der Waals surface area contributed by atoms with Gasteiger partial charge in [-0.25, -0.2) is 0 Å². The van der Waals surface area contributed by atoms with Crippen molar-refractivity contribution in [2.75, 3.05) is 6.54 Å². The molecule has 1 saturated heterocycles. The topological polar surface area (TPSA) is 51.0 Å². The second-order valence-electron chi connectivity index (χ2n) is 5.51. The van der Waals surface area contributed by atoms with Crippen molar-refractivity contribution < 1.29 is 4.52 Å². The Bertz CT molecular complexity index is 754. The summed E-state index contributed by atoms with van der Waals surface area (Å²) in [6.45, 7) is 1.04. The molecule has 4 nitrogen and oxygen atoms in total. The highest BCUT2D eigenvalue weighted by Crippen LogP contribution is 2.23. The van der Waals surface area contributed by atoms with Crippen molar-refractivity contribution in [2.45, 2.75) is 25.3 Å². The van der Waals surface area contributed by atoms with Crippen molar-refractivity contribution in [1.29, 1.82) is 0 Å². The van der Waals surface area contributed by atoms with Gasteiger partial charge in [0.15, 0.2) is 5.82 Å². The van der Waals surface area contributed by atoms with Crippen LogP contribution in [0.4, 0.5) is 0 Å². The molecule has 0 radical (unpaired) electrons.